The van der Waals surface area contributed by atoms with E-state index in [-0.39, 0.29) is 12.4 Å². The summed E-state index contributed by atoms with van der Waals surface area (Å²) in [5, 5.41) is 6.49. The van der Waals surface area contributed by atoms with Gasteiger partial charge in [0.25, 0.3) is 0 Å². The predicted octanol–water partition coefficient (Wildman–Crippen LogP) is 2.62. The van der Waals surface area contributed by atoms with Gasteiger partial charge in [-0.05, 0) is 31.9 Å². The first-order valence-electron chi connectivity index (χ1n) is 7.46. The van der Waals surface area contributed by atoms with Crippen LogP contribution in [0.25, 0.3) is 0 Å². The predicted molar refractivity (Wildman–Crippen MR) is 83.1 cm³/mol. The monoisotopic (exact) mass is 309 g/mol. The summed E-state index contributed by atoms with van der Waals surface area (Å²) in [6.07, 6.45) is 6.26. The molecule has 6 heteroatoms. The Morgan fingerprint density at radius 3 is 2.77 bits per heavy atom. The van der Waals surface area contributed by atoms with E-state index in [9.17, 15) is 8.78 Å². The van der Waals surface area contributed by atoms with Crippen LogP contribution >= 0.6 is 0 Å². The van der Waals surface area contributed by atoms with E-state index in [0.29, 0.717) is 12.6 Å². The molecule has 1 aliphatic rings. The lowest BCUT2D eigenvalue weighted by molar-refractivity contribution is 0.310. The molecule has 1 aromatic rings. The average molecular weight is 309 g/mol. The van der Waals surface area contributed by atoms with Crippen LogP contribution in [0.15, 0.2) is 35.3 Å². The largest absolute Gasteiger partial charge is 0.489 e. The number of hydrogen-bond donors (Lipinski definition) is 2. The summed E-state index contributed by atoms with van der Waals surface area (Å²) in [5.74, 6) is -0.563. The van der Waals surface area contributed by atoms with Crippen LogP contribution in [-0.2, 0) is 0 Å². The van der Waals surface area contributed by atoms with Gasteiger partial charge in [-0.1, -0.05) is 12.2 Å². The molecule has 0 bridgehead atoms. The molecule has 0 radical (unpaired) electrons. The summed E-state index contributed by atoms with van der Waals surface area (Å²) >= 11 is 0. The third kappa shape index (κ3) is 5.02. The molecule has 0 amide bonds. The second kappa shape index (κ2) is 8.36. The lowest BCUT2D eigenvalue weighted by atomic mass is 10.2. The van der Waals surface area contributed by atoms with Crippen molar-refractivity contribution in [3.63, 3.8) is 0 Å². The van der Waals surface area contributed by atoms with Crippen LogP contribution in [-0.4, -0.2) is 31.7 Å². The molecule has 0 spiro atoms. The summed E-state index contributed by atoms with van der Waals surface area (Å²) < 4.78 is 31.4. The van der Waals surface area contributed by atoms with E-state index in [2.05, 4.69) is 27.8 Å². The Kier molecular flexibility index (Phi) is 6.18. The normalized spacial score (nSPS) is 15.1. The number of ether oxygens (including phenoxy) is 1. The molecular formula is C16H21F2N3O. The van der Waals surface area contributed by atoms with Gasteiger partial charge >= 0.3 is 0 Å². The number of nitrogens with one attached hydrogen (secondary N) is 2. The summed E-state index contributed by atoms with van der Waals surface area (Å²) in [4.78, 5) is 4.38. The van der Waals surface area contributed by atoms with Gasteiger partial charge < -0.3 is 15.4 Å². The van der Waals surface area contributed by atoms with Crippen molar-refractivity contribution < 1.29 is 13.5 Å². The van der Waals surface area contributed by atoms with E-state index in [0.717, 1.165) is 31.4 Å². The van der Waals surface area contributed by atoms with Crippen molar-refractivity contribution in [2.45, 2.75) is 25.8 Å². The van der Waals surface area contributed by atoms with Gasteiger partial charge in [0.05, 0.1) is 6.54 Å². The molecule has 2 N–H and O–H groups in total. The fraction of sp³-hybridized carbons (Fsp3) is 0.438. The van der Waals surface area contributed by atoms with Crippen molar-refractivity contribution in [3.8, 4) is 5.75 Å². The number of aliphatic imine (C=N–C) groups is 1. The maximum absolute atomic E-state index is 13.4. The fourth-order valence-corrected chi connectivity index (χ4v) is 2.15. The number of nitrogens with zero attached hydrogens (tertiary/aromatic N) is 1. The number of halogens is 2. The van der Waals surface area contributed by atoms with Crippen LogP contribution in [0.2, 0.25) is 0 Å². The Balaban J connectivity index is 1.80. The zero-order valence-corrected chi connectivity index (χ0v) is 12.6. The molecule has 2 rings (SSSR count). The van der Waals surface area contributed by atoms with Crippen LogP contribution in [0.5, 0.6) is 5.75 Å². The molecule has 0 fully saturated rings. The summed E-state index contributed by atoms with van der Waals surface area (Å²) in [7, 11) is 0. The first-order chi connectivity index (χ1) is 10.7. The first kappa shape index (κ1) is 16.3. The van der Waals surface area contributed by atoms with Gasteiger partial charge in [-0.2, -0.15) is 0 Å². The highest BCUT2D eigenvalue weighted by Gasteiger charge is 2.11. The second-order valence-corrected chi connectivity index (χ2v) is 4.97. The minimum absolute atomic E-state index is 0.0366. The van der Waals surface area contributed by atoms with Gasteiger partial charge in [0.1, 0.15) is 12.4 Å². The third-order valence-electron chi connectivity index (χ3n) is 3.21. The molecule has 0 saturated carbocycles. The molecule has 0 unspecified atom stereocenters. The molecule has 0 saturated heterocycles. The van der Waals surface area contributed by atoms with E-state index in [1.165, 1.54) is 12.1 Å². The number of guanidine groups is 1. The van der Waals surface area contributed by atoms with Crippen LogP contribution in [0.3, 0.4) is 0 Å². The number of hydrogen-bond acceptors (Lipinski definition) is 2. The standard InChI is InChI=1S/C16H21F2N3O/c1-2-19-16(21-13-5-3-4-6-13)20-9-10-22-15-8-7-12(17)11-14(15)18/h3-4,7-8,11,13H,2,5-6,9-10H2,1H3,(H2,19,20,21). The summed E-state index contributed by atoms with van der Waals surface area (Å²) in [6.45, 7) is 3.36. The third-order valence-corrected chi connectivity index (χ3v) is 3.21. The van der Waals surface area contributed by atoms with Crippen LogP contribution in [0, 0.1) is 11.6 Å². The van der Waals surface area contributed by atoms with E-state index in [1.54, 1.807) is 0 Å². The number of benzene rings is 1. The van der Waals surface area contributed by atoms with E-state index in [1.807, 2.05) is 6.92 Å². The topological polar surface area (TPSA) is 45.7 Å². The maximum Gasteiger partial charge on any atom is 0.191 e. The molecular weight excluding hydrogens is 288 g/mol. The van der Waals surface area contributed by atoms with E-state index in [4.69, 9.17) is 4.74 Å². The smallest absolute Gasteiger partial charge is 0.191 e. The van der Waals surface area contributed by atoms with E-state index >= 15 is 0 Å². The summed E-state index contributed by atoms with van der Waals surface area (Å²) in [6, 6.07) is 3.62. The van der Waals surface area contributed by atoms with Crippen LogP contribution < -0.4 is 15.4 Å². The van der Waals surface area contributed by atoms with Crippen molar-refractivity contribution in [1.29, 1.82) is 0 Å². The number of rotatable bonds is 6. The quantitative estimate of drug-likeness (QED) is 0.367. The molecule has 120 valence electrons. The molecule has 0 heterocycles. The van der Waals surface area contributed by atoms with Crippen molar-refractivity contribution in [2.75, 3.05) is 19.7 Å². The molecule has 0 atom stereocenters. The van der Waals surface area contributed by atoms with Crippen molar-refractivity contribution in [1.82, 2.24) is 10.6 Å². The van der Waals surface area contributed by atoms with Crippen LogP contribution in [0.1, 0.15) is 19.8 Å². The van der Waals surface area contributed by atoms with Gasteiger partial charge in [-0.3, -0.25) is 0 Å². The Morgan fingerprint density at radius 2 is 2.09 bits per heavy atom. The van der Waals surface area contributed by atoms with Crippen molar-refractivity contribution >= 4 is 5.96 Å². The SMILES string of the molecule is CCNC(=NCCOc1ccc(F)cc1F)NC1CC=CC1. The molecule has 4 nitrogen and oxygen atoms in total. The minimum atomic E-state index is -0.703. The Labute approximate surface area is 129 Å². The zero-order valence-electron chi connectivity index (χ0n) is 12.6. The second-order valence-electron chi connectivity index (χ2n) is 4.97. The van der Waals surface area contributed by atoms with Gasteiger partial charge in [-0.15, -0.1) is 0 Å². The van der Waals surface area contributed by atoms with Gasteiger partial charge in [-0.25, -0.2) is 13.8 Å². The maximum atomic E-state index is 13.4. The van der Waals surface area contributed by atoms with Crippen molar-refractivity contribution in [2.24, 2.45) is 4.99 Å². The Morgan fingerprint density at radius 1 is 1.32 bits per heavy atom. The molecule has 1 aromatic carbocycles. The average Bonchev–Trinajstić information content (AvgIpc) is 2.98. The van der Waals surface area contributed by atoms with Crippen molar-refractivity contribution in [3.05, 3.63) is 42.0 Å². The zero-order chi connectivity index (χ0) is 15.8. The highest BCUT2D eigenvalue weighted by molar-refractivity contribution is 5.80. The lowest BCUT2D eigenvalue weighted by Crippen LogP contribution is -2.42. The van der Waals surface area contributed by atoms with Crippen LogP contribution in [0.4, 0.5) is 8.78 Å². The molecule has 0 aliphatic heterocycles. The van der Waals surface area contributed by atoms with Gasteiger partial charge in [0.2, 0.25) is 0 Å². The fourth-order valence-electron chi connectivity index (χ4n) is 2.15. The summed E-state index contributed by atoms with van der Waals surface area (Å²) in [5.41, 5.74) is 0. The Hall–Kier alpha value is -2.11. The van der Waals surface area contributed by atoms with E-state index < -0.39 is 11.6 Å². The first-order valence-corrected chi connectivity index (χ1v) is 7.46. The Bertz CT molecular complexity index is 538. The van der Waals surface area contributed by atoms with Gasteiger partial charge in [0.15, 0.2) is 17.5 Å². The highest BCUT2D eigenvalue weighted by Crippen LogP contribution is 2.17. The highest BCUT2D eigenvalue weighted by atomic mass is 19.1. The molecule has 1 aliphatic carbocycles. The lowest BCUT2D eigenvalue weighted by Gasteiger charge is -2.16. The molecule has 22 heavy (non-hydrogen) atoms. The minimum Gasteiger partial charge on any atom is -0.489 e. The molecule has 0 aromatic heterocycles. The van der Waals surface area contributed by atoms with Gasteiger partial charge in [0, 0.05) is 18.7 Å².